The third kappa shape index (κ3) is 3.97. The molecule has 0 amide bonds. The molecule has 0 aliphatic heterocycles. The number of aryl methyl sites for hydroxylation is 1. The number of hydrogen-bond donors (Lipinski definition) is 0. The summed E-state index contributed by atoms with van der Waals surface area (Å²) in [5, 5.41) is 0. The van der Waals surface area contributed by atoms with Crippen LogP contribution in [0.2, 0.25) is 0 Å². The Kier molecular flexibility index (Phi) is 4.97. The first kappa shape index (κ1) is 14.4. The van der Waals surface area contributed by atoms with Crippen LogP contribution in [0.5, 0.6) is 5.75 Å². The summed E-state index contributed by atoms with van der Waals surface area (Å²) in [5.74, 6) is 5.82. The number of benzene rings is 1. The number of ether oxygens (including phenoxy) is 1. The second kappa shape index (κ2) is 6.93. The average molecular weight is 290 g/mol. The monoisotopic (exact) mass is 289 g/mol. The van der Waals surface area contributed by atoms with Gasteiger partial charge in [-0.3, -0.25) is 4.98 Å². The number of aromatic nitrogens is 1. The number of rotatable bonds is 3. The van der Waals surface area contributed by atoms with Crippen molar-refractivity contribution in [2.45, 2.75) is 13.5 Å². The van der Waals surface area contributed by atoms with Crippen molar-refractivity contribution in [1.82, 2.24) is 4.98 Å². The molecule has 2 aromatic rings. The predicted molar refractivity (Wildman–Crippen MR) is 77.3 cm³/mol. The van der Waals surface area contributed by atoms with Gasteiger partial charge in [-0.05, 0) is 31.2 Å². The number of pyridine rings is 1. The number of nitrogens with zero attached hydrogens (tertiary/aromatic N) is 1. The van der Waals surface area contributed by atoms with Crippen molar-refractivity contribution < 1.29 is 9.13 Å². The standard InChI is InChI=1S/C16H13ClFNO/c1-12-4-2-6-15(19-12)11-20-16-10-14(18)8-7-13(16)5-3-9-17/h2,4,6-8,10H,9,11H2,1H3. The lowest BCUT2D eigenvalue weighted by molar-refractivity contribution is 0.298. The molecule has 1 aromatic heterocycles. The van der Waals surface area contributed by atoms with Crippen LogP contribution < -0.4 is 4.74 Å². The third-order valence-corrected chi connectivity index (χ3v) is 2.69. The van der Waals surface area contributed by atoms with Gasteiger partial charge in [-0.2, -0.15) is 0 Å². The Morgan fingerprint density at radius 1 is 1.30 bits per heavy atom. The molecule has 1 aromatic carbocycles. The molecule has 0 fully saturated rings. The topological polar surface area (TPSA) is 22.1 Å². The van der Waals surface area contributed by atoms with Gasteiger partial charge in [-0.25, -0.2) is 4.39 Å². The molecule has 0 aliphatic rings. The zero-order valence-corrected chi connectivity index (χ0v) is 11.7. The Morgan fingerprint density at radius 3 is 2.90 bits per heavy atom. The summed E-state index contributed by atoms with van der Waals surface area (Å²) < 4.78 is 18.9. The van der Waals surface area contributed by atoms with E-state index in [2.05, 4.69) is 16.8 Å². The van der Waals surface area contributed by atoms with Crippen LogP contribution in [0.1, 0.15) is 17.0 Å². The minimum Gasteiger partial charge on any atom is -0.486 e. The quantitative estimate of drug-likeness (QED) is 0.635. The summed E-state index contributed by atoms with van der Waals surface area (Å²) in [5.41, 5.74) is 2.30. The van der Waals surface area contributed by atoms with Crippen molar-refractivity contribution in [3.05, 3.63) is 59.2 Å². The van der Waals surface area contributed by atoms with Gasteiger partial charge in [0.25, 0.3) is 0 Å². The van der Waals surface area contributed by atoms with E-state index in [1.54, 1.807) is 6.07 Å². The van der Waals surface area contributed by atoms with E-state index < -0.39 is 0 Å². The first-order chi connectivity index (χ1) is 9.69. The molecule has 1 heterocycles. The highest BCUT2D eigenvalue weighted by Gasteiger charge is 2.05. The van der Waals surface area contributed by atoms with Gasteiger partial charge in [-0.15, -0.1) is 11.6 Å². The molecular formula is C16H13ClFNO. The van der Waals surface area contributed by atoms with E-state index in [1.807, 2.05) is 25.1 Å². The highest BCUT2D eigenvalue weighted by Crippen LogP contribution is 2.20. The van der Waals surface area contributed by atoms with Crippen LogP contribution in [-0.2, 0) is 6.61 Å². The second-order valence-corrected chi connectivity index (χ2v) is 4.40. The molecule has 4 heteroatoms. The fraction of sp³-hybridized carbons (Fsp3) is 0.188. The van der Waals surface area contributed by atoms with E-state index >= 15 is 0 Å². The fourth-order valence-electron chi connectivity index (χ4n) is 1.68. The third-order valence-electron chi connectivity index (χ3n) is 2.56. The van der Waals surface area contributed by atoms with Crippen LogP contribution >= 0.6 is 11.6 Å². The van der Waals surface area contributed by atoms with Crippen molar-refractivity contribution in [3.63, 3.8) is 0 Å². The molecule has 2 nitrogen and oxygen atoms in total. The largest absolute Gasteiger partial charge is 0.486 e. The molecule has 20 heavy (non-hydrogen) atoms. The Bertz CT molecular complexity index is 661. The highest BCUT2D eigenvalue weighted by molar-refractivity contribution is 6.19. The van der Waals surface area contributed by atoms with Crippen LogP contribution in [0, 0.1) is 24.6 Å². The van der Waals surface area contributed by atoms with Gasteiger partial charge >= 0.3 is 0 Å². The molecule has 0 spiro atoms. The minimum absolute atomic E-state index is 0.219. The summed E-state index contributed by atoms with van der Waals surface area (Å²) in [6.45, 7) is 2.17. The molecule has 0 N–H and O–H groups in total. The fourth-order valence-corrected chi connectivity index (χ4v) is 1.75. The van der Waals surface area contributed by atoms with Crippen LogP contribution in [0.15, 0.2) is 36.4 Å². The zero-order valence-electron chi connectivity index (χ0n) is 11.0. The van der Waals surface area contributed by atoms with Crippen molar-refractivity contribution in [2.75, 3.05) is 5.88 Å². The van der Waals surface area contributed by atoms with Crippen LogP contribution in [0.4, 0.5) is 4.39 Å². The highest BCUT2D eigenvalue weighted by atomic mass is 35.5. The van der Waals surface area contributed by atoms with Crippen molar-refractivity contribution >= 4 is 11.6 Å². The lowest BCUT2D eigenvalue weighted by Gasteiger charge is -2.08. The molecule has 0 bridgehead atoms. The first-order valence-corrected chi connectivity index (χ1v) is 6.62. The smallest absolute Gasteiger partial charge is 0.138 e. The molecule has 102 valence electrons. The molecule has 0 atom stereocenters. The predicted octanol–water partition coefficient (Wildman–Crippen LogP) is 3.70. The van der Waals surface area contributed by atoms with Crippen LogP contribution in [-0.4, -0.2) is 10.9 Å². The molecule has 0 unspecified atom stereocenters. The van der Waals surface area contributed by atoms with E-state index in [0.29, 0.717) is 11.3 Å². The van der Waals surface area contributed by atoms with E-state index in [0.717, 1.165) is 11.4 Å². The Balaban J connectivity index is 2.17. The van der Waals surface area contributed by atoms with Gasteiger partial charge in [0.05, 0.1) is 17.1 Å². The first-order valence-electron chi connectivity index (χ1n) is 6.09. The summed E-state index contributed by atoms with van der Waals surface area (Å²) in [6.07, 6.45) is 0. The van der Waals surface area contributed by atoms with Gasteiger partial charge in [0.15, 0.2) is 0 Å². The Morgan fingerprint density at radius 2 is 2.15 bits per heavy atom. The SMILES string of the molecule is Cc1cccc(COc2cc(F)ccc2C#CCCl)n1. The minimum atomic E-state index is -0.367. The van der Waals surface area contributed by atoms with Crippen molar-refractivity contribution in [1.29, 1.82) is 0 Å². The maximum Gasteiger partial charge on any atom is 0.138 e. The lowest BCUT2D eigenvalue weighted by atomic mass is 10.2. The number of hydrogen-bond acceptors (Lipinski definition) is 2. The van der Waals surface area contributed by atoms with Crippen molar-refractivity contribution in [2.24, 2.45) is 0 Å². The average Bonchev–Trinajstić information content (AvgIpc) is 2.44. The van der Waals surface area contributed by atoms with Crippen LogP contribution in [0.3, 0.4) is 0 Å². The number of halogens is 2. The zero-order chi connectivity index (χ0) is 14.4. The van der Waals surface area contributed by atoms with E-state index in [4.69, 9.17) is 16.3 Å². The van der Waals surface area contributed by atoms with Gasteiger partial charge < -0.3 is 4.74 Å². The summed E-state index contributed by atoms with van der Waals surface area (Å²) in [7, 11) is 0. The normalized spacial score (nSPS) is 9.75. The molecule has 0 saturated carbocycles. The van der Waals surface area contributed by atoms with Crippen molar-refractivity contribution in [3.8, 4) is 17.6 Å². The lowest BCUT2D eigenvalue weighted by Crippen LogP contribution is -2.00. The van der Waals surface area contributed by atoms with E-state index in [9.17, 15) is 4.39 Å². The van der Waals surface area contributed by atoms with E-state index in [-0.39, 0.29) is 18.3 Å². The summed E-state index contributed by atoms with van der Waals surface area (Å²) in [6, 6.07) is 9.90. The molecule has 0 saturated heterocycles. The second-order valence-electron chi connectivity index (χ2n) is 4.13. The maximum atomic E-state index is 13.3. The van der Waals surface area contributed by atoms with Gasteiger partial charge in [0, 0.05) is 11.8 Å². The molecule has 0 aliphatic carbocycles. The van der Waals surface area contributed by atoms with Gasteiger partial charge in [0.1, 0.15) is 18.2 Å². The molecular weight excluding hydrogens is 277 g/mol. The summed E-state index contributed by atoms with van der Waals surface area (Å²) >= 11 is 5.53. The van der Waals surface area contributed by atoms with Gasteiger partial charge in [-0.1, -0.05) is 17.9 Å². The summed E-state index contributed by atoms with van der Waals surface area (Å²) in [4.78, 5) is 4.33. The number of alkyl halides is 1. The van der Waals surface area contributed by atoms with Crippen LogP contribution in [0.25, 0.3) is 0 Å². The Labute approximate surface area is 122 Å². The van der Waals surface area contributed by atoms with E-state index in [1.165, 1.54) is 12.1 Å². The molecule has 0 radical (unpaired) electrons. The molecule has 2 rings (SSSR count). The van der Waals surface area contributed by atoms with Gasteiger partial charge in [0.2, 0.25) is 0 Å². The Hall–Kier alpha value is -2.05. The maximum absolute atomic E-state index is 13.3.